The van der Waals surface area contributed by atoms with Crippen LogP contribution < -0.4 is 5.73 Å². The van der Waals surface area contributed by atoms with Gasteiger partial charge in [0.1, 0.15) is 0 Å². The van der Waals surface area contributed by atoms with Crippen molar-refractivity contribution < 1.29 is 17.1 Å². The molecule has 2 aromatic rings. The van der Waals surface area contributed by atoms with E-state index in [0.29, 0.717) is 0 Å². The van der Waals surface area contributed by atoms with E-state index >= 15 is 0 Å². The van der Waals surface area contributed by atoms with Crippen LogP contribution in [0.1, 0.15) is 0 Å². The Balaban J connectivity index is 0.00000128. The molecule has 2 N–H and O–H groups in total. The summed E-state index contributed by atoms with van der Waals surface area (Å²) in [5.74, 6) is 0. The van der Waals surface area contributed by atoms with E-state index in [1.54, 1.807) is 11.8 Å². The van der Waals surface area contributed by atoms with Gasteiger partial charge in [0, 0.05) is 37.0 Å². The van der Waals surface area contributed by atoms with Crippen LogP contribution in [-0.4, -0.2) is 0 Å². The van der Waals surface area contributed by atoms with Gasteiger partial charge in [-0.25, -0.2) is 0 Å². The molecular formula is C12H10BrFeNS. The molecule has 0 unspecified atom stereocenters. The van der Waals surface area contributed by atoms with Crippen LogP contribution in [0.25, 0.3) is 0 Å². The van der Waals surface area contributed by atoms with Crippen molar-refractivity contribution in [3.05, 3.63) is 53.0 Å². The molecule has 16 heavy (non-hydrogen) atoms. The predicted octanol–water partition coefficient (Wildman–Crippen LogP) is 4.18. The van der Waals surface area contributed by atoms with Crippen molar-refractivity contribution in [1.82, 2.24) is 0 Å². The van der Waals surface area contributed by atoms with Crippen molar-refractivity contribution in [2.75, 3.05) is 5.73 Å². The molecule has 4 heteroatoms. The molecule has 0 radical (unpaired) electrons. The molecule has 0 aromatic heterocycles. The minimum atomic E-state index is 0. The standard InChI is InChI=1S/C12H10BrNS.Fe/c13-11-8-10(6-7-12(11)14)15-9-4-2-1-3-5-9;/h1-8H,14H2;. The largest absolute Gasteiger partial charge is 0.398 e. The van der Waals surface area contributed by atoms with E-state index in [2.05, 4.69) is 28.1 Å². The van der Waals surface area contributed by atoms with Crippen LogP contribution in [0.5, 0.6) is 0 Å². The Bertz CT molecular complexity index is 462. The second-order valence-corrected chi connectivity index (χ2v) is 5.10. The number of rotatable bonds is 2. The zero-order valence-electron chi connectivity index (χ0n) is 8.34. The monoisotopic (exact) mass is 335 g/mol. The Morgan fingerprint density at radius 3 is 2.25 bits per heavy atom. The molecule has 0 saturated carbocycles. The Morgan fingerprint density at radius 2 is 1.62 bits per heavy atom. The molecule has 2 aromatic carbocycles. The second-order valence-electron chi connectivity index (χ2n) is 3.10. The van der Waals surface area contributed by atoms with Crippen LogP contribution in [0.3, 0.4) is 0 Å². The summed E-state index contributed by atoms with van der Waals surface area (Å²) in [5.41, 5.74) is 6.50. The first kappa shape index (κ1) is 13.7. The van der Waals surface area contributed by atoms with E-state index < -0.39 is 0 Å². The van der Waals surface area contributed by atoms with Crippen LogP contribution in [0.4, 0.5) is 5.69 Å². The van der Waals surface area contributed by atoms with Gasteiger partial charge in [-0.3, -0.25) is 0 Å². The fraction of sp³-hybridized carbons (Fsp3) is 0. The smallest absolute Gasteiger partial charge is 0.0459 e. The normalized spacial score (nSPS) is 9.56. The van der Waals surface area contributed by atoms with Gasteiger partial charge in [0.25, 0.3) is 0 Å². The number of hydrogen-bond acceptors (Lipinski definition) is 2. The second kappa shape index (κ2) is 6.36. The third kappa shape index (κ3) is 3.56. The number of halogens is 1. The molecule has 0 bridgehead atoms. The molecule has 1 nitrogen and oxygen atoms in total. The Hall–Kier alpha value is -0.411. The van der Waals surface area contributed by atoms with E-state index in [1.807, 2.05) is 36.4 Å². The maximum Gasteiger partial charge on any atom is 0.0459 e. The average Bonchev–Trinajstić information content (AvgIpc) is 2.25. The fourth-order valence-corrected chi connectivity index (χ4v) is 2.60. The summed E-state index contributed by atoms with van der Waals surface area (Å²) in [4.78, 5) is 2.41. The molecule has 0 fully saturated rings. The van der Waals surface area contributed by atoms with Gasteiger partial charge < -0.3 is 5.73 Å². The Morgan fingerprint density at radius 1 is 0.938 bits per heavy atom. The SMILES string of the molecule is Nc1ccc(Sc2ccccc2)cc1Br.[Fe]. The van der Waals surface area contributed by atoms with Crippen LogP contribution in [-0.2, 0) is 17.1 Å². The summed E-state index contributed by atoms with van der Waals surface area (Å²) in [6.07, 6.45) is 0. The zero-order chi connectivity index (χ0) is 10.7. The molecular weight excluding hydrogens is 326 g/mol. The van der Waals surface area contributed by atoms with Gasteiger partial charge >= 0.3 is 0 Å². The first-order valence-electron chi connectivity index (χ1n) is 4.53. The zero-order valence-corrected chi connectivity index (χ0v) is 11.8. The van der Waals surface area contributed by atoms with Gasteiger partial charge in [-0.2, -0.15) is 0 Å². The third-order valence-corrected chi connectivity index (χ3v) is 3.64. The van der Waals surface area contributed by atoms with Crippen LogP contribution in [0.15, 0.2) is 62.8 Å². The van der Waals surface area contributed by atoms with Crippen molar-refractivity contribution in [3.8, 4) is 0 Å². The van der Waals surface area contributed by atoms with Crippen molar-refractivity contribution >= 4 is 33.4 Å². The van der Waals surface area contributed by atoms with E-state index in [-0.39, 0.29) is 17.1 Å². The van der Waals surface area contributed by atoms with Gasteiger partial charge in [0.05, 0.1) is 0 Å². The number of benzene rings is 2. The van der Waals surface area contributed by atoms with Gasteiger partial charge in [0.15, 0.2) is 0 Å². The molecule has 0 aliphatic heterocycles. The molecule has 0 aliphatic rings. The summed E-state index contributed by atoms with van der Waals surface area (Å²) >= 11 is 5.15. The average molecular weight is 336 g/mol. The number of hydrogen-bond donors (Lipinski definition) is 1. The van der Waals surface area contributed by atoms with Crippen LogP contribution in [0.2, 0.25) is 0 Å². The van der Waals surface area contributed by atoms with Crippen molar-refractivity contribution in [3.63, 3.8) is 0 Å². The first-order chi connectivity index (χ1) is 7.25. The minimum absolute atomic E-state index is 0. The number of anilines is 1. The van der Waals surface area contributed by atoms with Gasteiger partial charge in [-0.15, -0.1) is 0 Å². The summed E-state index contributed by atoms with van der Waals surface area (Å²) in [7, 11) is 0. The fourth-order valence-electron chi connectivity index (χ4n) is 1.20. The summed E-state index contributed by atoms with van der Waals surface area (Å²) in [6, 6.07) is 16.2. The maximum absolute atomic E-state index is 5.73. The molecule has 0 spiro atoms. The Labute approximate surface area is 118 Å². The molecule has 0 amide bonds. The molecule has 0 atom stereocenters. The summed E-state index contributed by atoms with van der Waals surface area (Å²) in [5, 5.41) is 0. The van der Waals surface area contributed by atoms with Crippen molar-refractivity contribution in [2.45, 2.75) is 9.79 Å². The topological polar surface area (TPSA) is 26.0 Å². The molecule has 0 saturated heterocycles. The van der Waals surface area contributed by atoms with E-state index in [0.717, 1.165) is 10.2 Å². The van der Waals surface area contributed by atoms with E-state index in [9.17, 15) is 0 Å². The number of nitrogens with two attached hydrogens (primary N) is 1. The van der Waals surface area contributed by atoms with E-state index in [4.69, 9.17) is 5.73 Å². The maximum atomic E-state index is 5.73. The molecule has 0 heterocycles. The minimum Gasteiger partial charge on any atom is -0.398 e. The molecule has 0 aliphatic carbocycles. The van der Waals surface area contributed by atoms with E-state index in [1.165, 1.54) is 9.79 Å². The van der Waals surface area contributed by atoms with Crippen LogP contribution >= 0.6 is 27.7 Å². The van der Waals surface area contributed by atoms with Crippen molar-refractivity contribution in [1.29, 1.82) is 0 Å². The van der Waals surface area contributed by atoms with Gasteiger partial charge in [-0.05, 0) is 46.3 Å². The predicted molar refractivity (Wildman–Crippen MR) is 69.1 cm³/mol. The summed E-state index contributed by atoms with van der Waals surface area (Å²) in [6.45, 7) is 0. The third-order valence-electron chi connectivity index (χ3n) is 1.95. The Kier molecular flexibility index (Phi) is 5.42. The molecule has 84 valence electrons. The summed E-state index contributed by atoms with van der Waals surface area (Å²) < 4.78 is 0.948. The number of nitrogen functional groups attached to an aromatic ring is 1. The van der Waals surface area contributed by atoms with Crippen molar-refractivity contribution in [2.24, 2.45) is 0 Å². The van der Waals surface area contributed by atoms with Gasteiger partial charge in [0.2, 0.25) is 0 Å². The first-order valence-corrected chi connectivity index (χ1v) is 6.14. The quantitative estimate of drug-likeness (QED) is 0.658. The van der Waals surface area contributed by atoms with Crippen LogP contribution in [0, 0.1) is 0 Å². The molecule has 2 rings (SSSR count). The van der Waals surface area contributed by atoms with Gasteiger partial charge in [-0.1, -0.05) is 30.0 Å².